The minimum Gasteiger partial charge on any atom is -0.320 e. The average Bonchev–Trinajstić information content (AvgIpc) is 2.90. The third-order valence-corrected chi connectivity index (χ3v) is 6.10. The van der Waals surface area contributed by atoms with Crippen LogP contribution in [0, 0.1) is 27.7 Å². The lowest BCUT2D eigenvalue weighted by molar-refractivity contribution is -0.112. The SMILES string of the molecule is Cc1cccc(C)c1-n1c(C)cc(/C=C2\Sc3ccccc3NC2=O)c1C. The standard InChI is InChI=1S/C23H22N2OS/c1-14-8-7-9-15(2)22(14)25-16(3)12-18(17(25)4)13-21-23(26)24-19-10-5-6-11-20(19)27-21/h5-13H,1-4H3,(H,24,26)/b21-13-. The first-order valence-electron chi connectivity index (χ1n) is 9.01. The Balaban J connectivity index is 1.79. The number of rotatable bonds is 2. The summed E-state index contributed by atoms with van der Waals surface area (Å²) in [5.74, 6) is -0.0458. The van der Waals surface area contributed by atoms with Gasteiger partial charge in [0.1, 0.15) is 0 Å². The van der Waals surface area contributed by atoms with Crippen molar-refractivity contribution in [1.82, 2.24) is 4.57 Å². The molecule has 4 rings (SSSR count). The van der Waals surface area contributed by atoms with Crippen molar-refractivity contribution in [3.05, 3.63) is 81.5 Å². The summed E-state index contributed by atoms with van der Waals surface area (Å²) in [4.78, 5) is 14.3. The number of hydrogen-bond acceptors (Lipinski definition) is 2. The molecule has 0 atom stereocenters. The van der Waals surface area contributed by atoms with Crippen LogP contribution in [0.2, 0.25) is 0 Å². The number of para-hydroxylation sites is 2. The number of carbonyl (C=O) groups is 1. The summed E-state index contributed by atoms with van der Waals surface area (Å²) >= 11 is 1.53. The molecule has 0 fully saturated rings. The molecule has 1 amide bonds. The van der Waals surface area contributed by atoms with Crippen LogP contribution >= 0.6 is 11.8 Å². The van der Waals surface area contributed by atoms with E-state index in [0.29, 0.717) is 0 Å². The van der Waals surface area contributed by atoms with E-state index in [2.05, 4.69) is 61.8 Å². The number of amides is 1. The fourth-order valence-electron chi connectivity index (χ4n) is 3.68. The van der Waals surface area contributed by atoms with E-state index in [0.717, 1.165) is 26.7 Å². The van der Waals surface area contributed by atoms with Gasteiger partial charge < -0.3 is 9.88 Å². The number of nitrogens with zero attached hydrogens (tertiary/aromatic N) is 1. The van der Waals surface area contributed by atoms with Crippen LogP contribution in [0.25, 0.3) is 11.8 Å². The molecule has 0 spiro atoms. The summed E-state index contributed by atoms with van der Waals surface area (Å²) in [6.07, 6.45) is 2.00. The molecule has 2 aromatic carbocycles. The van der Waals surface area contributed by atoms with Gasteiger partial charge in [-0.3, -0.25) is 4.79 Å². The third kappa shape index (κ3) is 3.10. The Morgan fingerprint density at radius 2 is 1.67 bits per heavy atom. The second-order valence-corrected chi connectivity index (χ2v) is 8.05. The highest BCUT2D eigenvalue weighted by atomic mass is 32.2. The molecular weight excluding hydrogens is 352 g/mol. The maximum atomic E-state index is 12.5. The Hall–Kier alpha value is -2.72. The van der Waals surface area contributed by atoms with Crippen molar-refractivity contribution in [2.75, 3.05) is 5.32 Å². The van der Waals surface area contributed by atoms with Crippen LogP contribution in [0.1, 0.15) is 28.1 Å². The Kier molecular flexibility index (Phi) is 4.44. The van der Waals surface area contributed by atoms with E-state index in [4.69, 9.17) is 0 Å². The normalized spacial score (nSPS) is 15.0. The summed E-state index contributed by atoms with van der Waals surface area (Å²) in [5.41, 5.74) is 7.98. The minimum absolute atomic E-state index is 0.0458. The summed E-state index contributed by atoms with van der Waals surface area (Å²) in [5, 5.41) is 2.99. The Morgan fingerprint density at radius 1 is 0.963 bits per heavy atom. The van der Waals surface area contributed by atoms with Gasteiger partial charge in [-0.2, -0.15) is 0 Å². The van der Waals surface area contributed by atoms with Crippen LogP contribution < -0.4 is 5.32 Å². The van der Waals surface area contributed by atoms with E-state index in [1.54, 1.807) is 0 Å². The Morgan fingerprint density at radius 3 is 2.41 bits per heavy atom. The zero-order chi connectivity index (χ0) is 19.1. The molecule has 1 N–H and O–H groups in total. The number of benzene rings is 2. The van der Waals surface area contributed by atoms with E-state index in [-0.39, 0.29) is 5.91 Å². The molecule has 2 heterocycles. The Bertz CT molecular complexity index is 1070. The fraction of sp³-hybridized carbons (Fsp3) is 0.174. The lowest BCUT2D eigenvalue weighted by atomic mass is 10.1. The topological polar surface area (TPSA) is 34.0 Å². The van der Waals surface area contributed by atoms with Gasteiger partial charge in [0, 0.05) is 16.3 Å². The van der Waals surface area contributed by atoms with Crippen molar-refractivity contribution >= 4 is 29.4 Å². The molecule has 4 heteroatoms. The molecule has 3 nitrogen and oxygen atoms in total. The Labute approximate surface area is 164 Å². The highest BCUT2D eigenvalue weighted by Gasteiger charge is 2.21. The first-order valence-corrected chi connectivity index (χ1v) is 9.83. The number of carbonyl (C=O) groups excluding carboxylic acids is 1. The molecule has 1 aromatic heterocycles. The van der Waals surface area contributed by atoms with Gasteiger partial charge in [-0.1, -0.05) is 42.1 Å². The number of hydrogen-bond donors (Lipinski definition) is 1. The van der Waals surface area contributed by atoms with Crippen LogP contribution in [-0.4, -0.2) is 10.5 Å². The smallest absolute Gasteiger partial charge is 0.262 e. The van der Waals surface area contributed by atoms with Gasteiger partial charge in [-0.25, -0.2) is 0 Å². The van der Waals surface area contributed by atoms with Crippen molar-refractivity contribution in [2.45, 2.75) is 32.6 Å². The number of thioether (sulfide) groups is 1. The predicted octanol–water partition coefficient (Wildman–Crippen LogP) is 5.80. The predicted molar refractivity (Wildman–Crippen MR) is 114 cm³/mol. The van der Waals surface area contributed by atoms with Crippen LogP contribution in [0.3, 0.4) is 0 Å². The van der Waals surface area contributed by atoms with Gasteiger partial charge in [-0.15, -0.1) is 0 Å². The molecule has 0 radical (unpaired) electrons. The van der Waals surface area contributed by atoms with E-state index in [1.807, 2.05) is 30.3 Å². The molecule has 0 saturated heterocycles. The molecule has 3 aromatic rings. The van der Waals surface area contributed by atoms with Gasteiger partial charge in [0.25, 0.3) is 5.91 Å². The monoisotopic (exact) mass is 374 g/mol. The lowest BCUT2D eigenvalue weighted by Gasteiger charge is -2.18. The quantitative estimate of drug-likeness (QED) is 0.576. The van der Waals surface area contributed by atoms with E-state index in [9.17, 15) is 4.79 Å². The number of nitrogens with one attached hydrogen (secondary N) is 1. The summed E-state index contributed by atoms with van der Waals surface area (Å²) in [6, 6.07) is 16.4. The zero-order valence-corrected chi connectivity index (χ0v) is 16.8. The van der Waals surface area contributed by atoms with Crippen molar-refractivity contribution in [1.29, 1.82) is 0 Å². The van der Waals surface area contributed by atoms with E-state index >= 15 is 0 Å². The third-order valence-electron chi connectivity index (χ3n) is 5.00. The van der Waals surface area contributed by atoms with Crippen LogP contribution in [0.15, 0.2) is 58.3 Å². The number of fused-ring (bicyclic) bond motifs is 1. The van der Waals surface area contributed by atoms with Crippen LogP contribution in [0.5, 0.6) is 0 Å². The van der Waals surface area contributed by atoms with E-state index in [1.165, 1.54) is 34.3 Å². The van der Waals surface area contributed by atoms with Gasteiger partial charge in [-0.05, 0) is 68.7 Å². The first kappa shape index (κ1) is 17.7. The summed E-state index contributed by atoms with van der Waals surface area (Å²) in [6.45, 7) is 8.51. The highest BCUT2D eigenvalue weighted by Crippen LogP contribution is 2.39. The van der Waals surface area contributed by atoms with Crippen molar-refractivity contribution in [2.24, 2.45) is 0 Å². The molecule has 0 saturated carbocycles. The fourth-order valence-corrected chi connectivity index (χ4v) is 4.62. The lowest BCUT2D eigenvalue weighted by Crippen LogP contribution is -2.17. The molecular formula is C23H22N2OS. The van der Waals surface area contributed by atoms with Crippen molar-refractivity contribution in [3.63, 3.8) is 0 Å². The molecule has 1 aliphatic rings. The molecule has 0 aliphatic carbocycles. The van der Waals surface area contributed by atoms with Crippen LogP contribution in [-0.2, 0) is 4.79 Å². The second-order valence-electron chi connectivity index (χ2n) is 6.96. The molecule has 1 aliphatic heterocycles. The van der Waals surface area contributed by atoms with E-state index < -0.39 is 0 Å². The maximum absolute atomic E-state index is 12.5. The minimum atomic E-state index is -0.0458. The van der Waals surface area contributed by atoms with Gasteiger partial charge in [0.05, 0.1) is 16.3 Å². The second kappa shape index (κ2) is 6.78. The van der Waals surface area contributed by atoms with Gasteiger partial charge in [0.15, 0.2) is 0 Å². The average molecular weight is 375 g/mol. The molecule has 0 bridgehead atoms. The highest BCUT2D eigenvalue weighted by molar-refractivity contribution is 8.04. The summed E-state index contributed by atoms with van der Waals surface area (Å²) in [7, 11) is 0. The number of aromatic nitrogens is 1. The van der Waals surface area contributed by atoms with Gasteiger partial charge in [0.2, 0.25) is 0 Å². The maximum Gasteiger partial charge on any atom is 0.262 e. The van der Waals surface area contributed by atoms with Gasteiger partial charge >= 0.3 is 0 Å². The number of aryl methyl sites for hydroxylation is 3. The summed E-state index contributed by atoms with van der Waals surface area (Å²) < 4.78 is 2.29. The van der Waals surface area contributed by atoms with Crippen molar-refractivity contribution < 1.29 is 4.79 Å². The number of anilines is 1. The zero-order valence-electron chi connectivity index (χ0n) is 16.0. The molecule has 0 unspecified atom stereocenters. The first-order chi connectivity index (χ1) is 13.0. The largest absolute Gasteiger partial charge is 0.320 e. The van der Waals surface area contributed by atoms with Crippen LogP contribution in [0.4, 0.5) is 5.69 Å². The molecule has 27 heavy (non-hydrogen) atoms. The molecule has 136 valence electrons. The van der Waals surface area contributed by atoms with Crippen molar-refractivity contribution in [3.8, 4) is 5.69 Å².